The van der Waals surface area contributed by atoms with Crippen molar-refractivity contribution in [2.75, 3.05) is 19.5 Å². The van der Waals surface area contributed by atoms with Gasteiger partial charge in [-0.2, -0.15) is 0 Å². The van der Waals surface area contributed by atoms with E-state index in [0.29, 0.717) is 29.2 Å². The summed E-state index contributed by atoms with van der Waals surface area (Å²) in [6.07, 6.45) is 0.671. The molecule has 0 heterocycles. The lowest BCUT2D eigenvalue weighted by molar-refractivity contribution is 0.102. The second-order valence-corrected chi connectivity index (χ2v) is 4.69. The van der Waals surface area contributed by atoms with Crippen LogP contribution in [0.2, 0.25) is 0 Å². The molecule has 0 bridgehead atoms. The zero-order valence-corrected chi connectivity index (χ0v) is 12.8. The van der Waals surface area contributed by atoms with Crippen molar-refractivity contribution in [2.45, 2.75) is 13.3 Å². The van der Waals surface area contributed by atoms with Crippen molar-refractivity contribution in [1.82, 2.24) is 0 Å². The number of ether oxygens (including phenoxy) is 2. The topological polar surface area (TPSA) is 67.8 Å². The Morgan fingerprint density at radius 2 is 1.77 bits per heavy atom. The summed E-state index contributed by atoms with van der Waals surface area (Å²) >= 11 is 0. The Kier molecular flexibility index (Phi) is 4.88. The van der Waals surface area contributed by atoms with Gasteiger partial charge in [0.1, 0.15) is 5.75 Å². The van der Waals surface area contributed by atoms with Crippen LogP contribution in [0.25, 0.3) is 0 Å². The van der Waals surface area contributed by atoms with Gasteiger partial charge in [0.25, 0.3) is 5.91 Å². The van der Waals surface area contributed by atoms with E-state index >= 15 is 0 Å². The number of aryl methyl sites for hydroxylation is 1. The van der Waals surface area contributed by atoms with Crippen LogP contribution >= 0.6 is 0 Å². The maximum Gasteiger partial charge on any atom is 0.256 e. The fourth-order valence-corrected chi connectivity index (χ4v) is 2.19. The van der Waals surface area contributed by atoms with Crippen molar-refractivity contribution < 1.29 is 19.4 Å². The summed E-state index contributed by atoms with van der Waals surface area (Å²) in [6, 6.07) is 10.0. The van der Waals surface area contributed by atoms with E-state index in [2.05, 4.69) is 5.32 Å². The van der Waals surface area contributed by atoms with Crippen LogP contribution in [-0.2, 0) is 6.42 Å². The van der Waals surface area contributed by atoms with Crippen molar-refractivity contribution >= 4 is 11.6 Å². The van der Waals surface area contributed by atoms with Gasteiger partial charge in [-0.05, 0) is 36.2 Å². The van der Waals surface area contributed by atoms with Crippen LogP contribution in [0.5, 0.6) is 17.2 Å². The van der Waals surface area contributed by atoms with Crippen LogP contribution in [0.1, 0.15) is 22.8 Å². The number of methoxy groups -OCH3 is 2. The van der Waals surface area contributed by atoms with E-state index in [-0.39, 0.29) is 11.7 Å². The average Bonchev–Trinajstić information content (AvgIpc) is 2.55. The number of phenols is 1. The molecule has 0 aromatic heterocycles. The molecule has 2 aromatic rings. The van der Waals surface area contributed by atoms with E-state index in [9.17, 15) is 9.90 Å². The molecule has 5 nitrogen and oxygen atoms in total. The molecule has 2 N–H and O–H groups in total. The molecule has 0 saturated carbocycles. The molecule has 0 radical (unpaired) electrons. The Bertz CT molecular complexity index is 682. The lowest BCUT2D eigenvalue weighted by atomic mass is 10.0. The molecule has 0 fully saturated rings. The maximum absolute atomic E-state index is 12.5. The lowest BCUT2D eigenvalue weighted by Crippen LogP contribution is -2.14. The molecular weight excluding hydrogens is 282 g/mol. The van der Waals surface area contributed by atoms with Crippen LogP contribution in [0.15, 0.2) is 36.4 Å². The second kappa shape index (κ2) is 6.85. The number of carbonyl (C=O) groups excluding carboxylic acids is 1. The first kappa shape index (κ1) is 15.7. The van der Waals surface area contributed by atoms with E-state index in [1.54, 1.807) is 37.4 Å². The first-order chi connectivity index (χ1) is 10.6. The van der Waals surface area contributed by atoms with E-state index in [4.69, 9.17) is 9.47 Å². The van der Waals surface area contributed by atoms with Gasteiger partial charge in [0.2, 0.25) is 0 Å². The number of carbonyl (C=O) groups is 1. The summed E-state index contributed by atoms with van der Waals surface area (Å²) in [5.74, 6) is 0.786. The number of anilines is 1. The van der Waals surface area contributed by atoms with Crippen molar-refractivity contribution in [2.24, 2.45) is 0 Å². The van der Waals surface area contributed by atoms with Crippen LogP contribution in [-0.4, -0.2) is 25.2 Å². The molecule has 0 aliphatic carbocycles. The van der Waals surface area contributed by atoms with Gasteiger partial charge in [-0.3, -0.25) is 4.79 Å². The molecular formula is C17H19NO4. The summed E-state index contributed by atoms with van der Waals surface area (Å²) in [5.41, 5.74) is 1.69. The van der Waals surface area contributed by atoms with Gasteiger partial charge in [0.15, 0.2) is 11.5 Å². The highest BCUT2D eigenvalue weighted by atomic mass is 16.5. The minimum atomic E-state index is -0.306. The van der Waals surface area contributed by atoms with Crippen LogP contribution in [0.3, 0.4) is 0 Å². The second-order valence-electron chi connectivity index (χ2n) is 4.69. The summed E-state index contributed by atoms with van der Waals surface area (Å²) in [6.45, 7) is 1.96. The fourth-order valence-electron chi connectivity index (χ4n) is 2.19. The molecule has 0 atom stereocenters. The van der Waals surface area contributed by atoms with Gasteiger partial charge in [-0.25, -0.2) is 0 Å². The Morgan fingerprint density at radius 1 is 1.14 bits per heavy atom. The molecule has 0 aliphatic heterocycles. The molecule has 0 aliphatic rings. The molecule has 2 aromatic carbocycles. The zero-order chi connectivity index (χ0) is 16.1. The van der Waals surface area contributed by atoms with Gasteiger partial charge < -0.3 is 19.9 Å². The van der Waals surface area contributed by atoms with E-state index in [1.807, 2.05) is 6.92 Å². The van der Waals surface area contributed by atoms with E-state index in [1.165, 1.54) is 13.2 Å². The number of hydrogen-bond donors (Lipinski definition) is 2. The molecule has 5 heteroatoms. The Labute approximate surface area is 129 Å². The number of nitrogens with one attached hydrogen (secondary N) is 1. The molecule has 2 rings (SSSR count). The van der Waals surface area contributed by atoms with Crippen LogP contribution in [0.4, 0.5) is 5.69 Å². The smallest absolute Gasteiger partial charge is 0.256 e. The quantitative estimate of drug-likeness (QED) is 0.832. The molecule has 0 unspecified atom stereocenters. The van der Waals surface area contributed by atoms with Crippen molar-refractivity contribution in [3.8, 4) is 17.2 Å². The standard InChI is InChI=1S/C17H19NO4/c1-4-11-9-15(21-2)16(22-3)10-12(11)17(20)18-13-7-5-6-8-14(13)19/h5-10,19H,4H2,1-3H3,(H,18,20). The van der Waals surface area contributed by atoms with Gasteiger partial charge in [-0.15, -0.1) is 0 Å². The third kappa shape index (κ3) is 3.14. The number of phenolic OH excluding ortho intramolecular Hbond substituents is 1. The lowest BCUT2D eigenvalue weighted by Gasteiger charge is -2.14. The predicted molar refractivity (Wildman–Crippen MR) is 85.0 cm³/mol. The monoisotopic (exact) mass is 301 g/mol. The fraction of sp³-hybridized carbons (Fsp3) is 0.235. The highest BCUT2D eigenvalue weighted by molar-refractivity contribution is 6.06. The SMILES string of the molecule is CCc1cc(OC)c(OC)cc1C(=O)Nc1ccccc1O. The number of para-hydroxylation sites is 2. The summed E-state index contributed by atoms with van der Waals surface area (Å²) in [5, 5.41) is 12.5. The molecule has 1 amide bonds. The summed E-state index contributed by atoms with van der Waals surface area (Å²) in [7, 11) is 3.08. The molecule has 0 saturated heterocycles. The number of rotatable bonds is 5. The highest BCUT2D eigenvalue weighted by Crippen LogP contribution is 2.32. The first-order valence-electron chi connectivity index (χ1n) is 6.95. The first-order valence-corrected chi connectivity index (χ1v) is 6.95. The van der Waals surface area contributed by atoms with E-state index < -0.39 is 0 Å². The number of hydrogen-bond acceptors (Lipinski definition) is 4. The normalized spacial score (nSPS) is 10.1. The minimum Gasteiger partial charge on any atom is -0.506 e. The van der Waals surface area contributed by atoms with Crippen molar-refractivity contribution in [3.05, 3.63) is 47.5 Å². The van der Waals surface area contributed by atoms with Crippen LogP contribution in [0, 0.1) is 0 Å². The average molecular weight is 301 g/mol. The van der Waals surface area contributed by atoms with Gasteiger partial charge in [0.05, 0.1) is 19.9 Å². The minimum absolute atomic E-state index is 0.0226. The van der Waals surface area contributed by atoms with Crippen molar-refractivity contribution in [3.63, 3.8) is 0 Å². The zero-order valence-electron chi connectivity index (χ0n) is 12.8. The van der Waals surface area contributed by atoms with E-state index in [0.717, 1.165) is 5.56 Å². The predicted octanol–water partition coefficient (Wildman–Crippen LogP) is 3.22. The van der Waals surface area contributed by atoms with Gasteiger partial charge in [0, 0.05) is 5.56 Å². The number of amides is 1. The molecule has 116 valence electrons. The third-order valence-corrected chi connectivity index (χ3v) is 3.39. The largest absolute Gasteiger partial charge is 0.506 e. The van der Waals surface area contributed by atoms with Crippen molar-refractivity contribution in [1.29, 1.82) is 0 Å². The maximum atomic E-state index is 12.5. The Morgan fingerprint density at radius 3 is 2.36 bits per heavy atom. The summed E-state index contributed by atoms with van der Waals surface area (Å²) < 4.78 is 10.5. The molecule has 0 spiro atoms. The highest BCUT2D eigenvalue weighted by Gasteiger charge is 2.17. The Balaban J connectivity index is 2.38. The third-order valence-electron chi connectivity index (χ3n) is 3.39. The number of benzene rings is 2. The van der Waals surface area contributed by atoms with Crippen LogP contribution < -0.4 is 14.8 Å². The molecule has 22 heavy (non-hydrogen) atoms. The number of aromatic hydroxyl groups is 1. The van der Waals surface area contributed by atoms with Gasteiger partial charge in [-0.1, -0.05) is 19.1 Å². The Hall–Kier alpha value is -2.69. The van der Waals surface area contributed by atoms with Gasteiger partial charge >= 0.3 is 0 Å². The summed E-state index contributed by atoms with van der Waals surface area (Å²) in [4.78, 5) is 12.5.